The van der Waals surface area contributed by atoms with Crippen LogP contribution in [0.5, 0.6) is 0 Å². The number of aromatic nitrogens is 1. The van der Waals surface area contributed by atoms with Crippen molar-refractivity contribution >= 4 is 17.6 Å². The number of hydrogen-bond acceptors (Lipinski definition) is 2. The van der Waals surface area contributed by atoms with E-state index in [1.54, 1.807) is 0 Å². The molecule has 15 heavy (non-hydrogen) atoms. The van der Waals surface area contributed by atoms with E-state index in [-0.39, 0.29) is 11.4 Å². The van der Waals surface area contributed by atoms with Crippen LogP contribution in [0.3, 0.4) is 0 Å². The van der Waals surface area contributed by atoms with Crippen LogP contribution < -0.4 is 0 Å². The number of rotatable bonds is 3. The lowest BCUT2D eigenvalue weighted by molar-refractivity contribution is 0.0675. The van der Waals surface area contributed by atoms with Crippen LogP contribution in [-0.4, -0.2) is 16.1 Å². The summed E-state index contributed by atoms with van der Waals surface area (Å²) in [6.07, 6.45) is -3.04. The highest BCUT2D eigenvalue weighted by molar-refractivity contribution is 6.17. The van der Waals surface area contributed by atoms with Gasteiger partial charge in [-0.25, -0.2) is 18.6 Å². The molecule has 0 aliphatic rings. The van der Waals surface area contributed by atoms with Crippen LogP contribution in [0.15, 0.2) is 6.07 Å². The Balaban J connectivity index is 3.38. The van der Waals surface area contributed by atoms with Gasteiger partial charge in [-0.2, -0.15) is 4.39 Å². The molecular formula is C8H5ClF3NO2. The lowest BCUT2D eigenvalue weighted by atomic mass is 10.1. The SMILES string of the molecule is O=C(O)c1nc(F)c(CCl)cc1C(F)F. The molecule has 1 aromatic rings. The molecule has 0 saturated carbocycles. The van der Waals surface area contributed by atoms with Gasteiger partial charge in [0.15, 0.2) is 5.69 Å². The first-order valence-electron chi connectivity index (χ1n) is 3.74. The third-order valence-corrected chi connectivity index (χ3v) is 1.95. The minimum atomic E-state index is -3.04. The highest BCUT2D eigenvalue weighted by Gasteiger charge is 2.22. The lowest BCUT2D eigenvalue weighted by Gasteiger charge is -2.06. The van der Waals surface area contributed by atoms with Crippen molar-refractivity contribution in [1.82, 2.24) is 4.98 Å². The number of hydrogen-bond donors (Lipinski definition) is 1. The Labute approximate surface area is 87.5 Å². The van der Waals surface area contributed by atoms with Gasteiger partial charge in [0.05, 0.1) is 11.4 Å². The van der Waals surface area contributed by atoms with Gasteiger partial charge in [-0.1, -0.05) is 0 Å². The minimum Gasteiger partial charge on any atom is -0.476 e. The molecule has 0 bridgehead atoms. The highest BCUT2D eigenvalue weighted by atomic mass is 35.5. The maximum atomic E-state index is 13.0. The first kappa shape index (κ1) is 11.8. The first-order valence-corrected chi connectivity index (χ1v) is 4.27. The standard InChI is InChI=1S/C8H5ClF3NO2/c9-2-3-1-4(6(10)11)5(8(14)15)13-7(3)12/h1,6H,2H2,(H,14,15). The van der Waals surface area contributed by atoms with Crippen LogP contribution >= 0.6 is 11.6 Å². The summed E-state index contributed by atoms with van der Waals surface area (Å²) in [7, 11) is 0. The minimum absolute atomic E-state index is 0.253. The molecule has 0 radical (unpaired) electrons. The van der Waals surface area contributed by atoms with E-state index in [1.165, 1.54) is 0 Å². The van der Waals surface area contributed by atoms with E-state index in [4.69, 9.17) is 16.7 Å². The van der Waals surface area contributed by atoms with Gasteiger partial charge in [-0.15, -0.1) is 11.6 Å². The second kappa shape index (κ2) is 4.48. The molecule has 0 saturated heterocycles. The summed E-state index contributed by atoms with van der Waals surface area (Å²) in [5, 5.41) is 8.51. The molecule has 82 valence electrons. The Morgan fingerprint density at radius 3 is 2.60 bits per heavy atom. The highest BCUT2D eigenvalue weighted by Crippen LogP contribution is 2.24. The van der Waals surface area contributed by atoms with Gasteiger partial charge in [0.25, 0.3) is 6.43 Å². The van der Waals surface area contributed by atoms with E-state index in [0.29, 0.717) is 6.07 Å². The fourth-order valence-electron chi connectivity index (χ4n) is 0.981. The normalized spacial score (nSPS) is 10.7. The predicted molar refractivity (Wildman–Crippen MR) is 45.7 cm³/mol. The molecule has 1 aromatic heterocycles. The summed E-state index contributed by atoms with van der Waals surface area (Å²) in [5.41, 5.74) is -2.08. The van der Waals surface area contributed by atoms with E-state index >= 15 is 0 Å². The van der Waals surface area contributed by atoms with Gasteiger partial charge in [-0.05, 0) is 6.07 Å². The first-order chi connectivity index (χ1) is 6.97. The average Bonchev–Trinajstić information content (AvgIpc) is 2.16. The van der Waals surface area contributed by atoms with E-state index in [9.17, 15) is 18.0 Å². The van der Waals surface area contributed by atoms with Crippen LogP contribution in [-0.2, 0) is 5.88 Å². The zero-order chi connectivity index (χ0) is 11.6. The number of halogens is 4. The van der Waals surface area contributed by atoms with Crippen molar-refractivity contribution in [2.75, 3.05) is 0 Å². The average molecular weight is 240 g/mol. The lowest BCUT2D eigenvalue weighted by Crippen LogP contribution is -2.09. The number of pyridine rings is 1. The number of nitrogens with zero attached hydrogens (tertiary/aromatic N) is 1. The summed E-state index contributed by atoms with van der Waals surface area (Å²) in [6.45, 7) is 0. The zero-order valence-electron chi connectivity index (χ0n) is 7.18. The molecule has 0 fully saturated rings. The zero-order valence-corrected chi connectivity index (χ0v) is 7.93. The summed E-state index contributed by atoms with van der Waals surface area (Å²) in [5.74, 6) is -3.20. The molecule has 0 aliphatic carbocycles. The van der Waals surface area contributed by atoms with Crippen molar-refractivity contribution < 1.29 is 23.1 Å². The molecular weight excluding hydrogens is 235 g/mol. The third-order valence-electron chi connectivity index (χ3n) is 1.66. The third kappa shape index (κ3) is 2.38. The van der Waals surface area contributed by atoms with Gasteiger partial charge in [0.1, 0.15) is 0 Å². The van der Waals surface area contributed by atoms with E-state index in [0.717, 1.165) is 0 Å². The smallest absolute Gasteiger partial charge is 0.355 e. The molecule has 0 spiro atoms. The van der Waals surface area contributed by atoms with Gasteiger partial charge in [0.2, 0.25) is 5.95 Å². The molecule has 7 heteroatoms. The molecule has 0 atom stereocenters. The van der Waals surface area contributed by atoms with Gasteiger partial charge >= 0.3 is 5.97 Å². The van der Waals surface area contributed by atoms with E-state index in [2.05, 4.69) is 4.98 Å². The fraction of sp³-hybridized carbons (Fsp3) is 0.250. The number of aromatic carboxylic acids is 1. The number of carboxylic acid groups (broad SMARTS) is 1. The topological polar surface area (TPSA) is 50.2 Å². The van der Waals surface area contributed by atoms with Crippen LogP contribution in [0, 0.1) is 5.95 Å². The molecule has 0 aromatic carbocycles. The Morgan fingerprint density at radius 1 is 1.60 bits per heavy atom. The van der Waals surface area contributed by atoms with Gasteiger partial charge in [0, 0.05) is 5.56 Å². The number of carboxylic acids is 1. The Kier molecular flexibility index (Phi) is 3.52. The largest absolute Gasteiger partial charge is 0.476 e. The second-order valence-corrected chi connectivity index (χ2v) is 2.88. The number of alkyl halides is 3. The Bertz CT molecular complexity index is 398. The van der Waals surface area contributed by atoms with Gasteiger partial charge < -0.3 is 5.11 Å². The fourth-order valence-corrected chi connectivity index (χ4v) is 1.17. The summed E-state index contributed by atoms with van der Waals surface area (Å²) in [6, 6.07) is 0.712. The van der Waals surface area contributed by atoms with Crippen molar-refractivity contribution in [3.8, 4) is 0 Å². The van der Waals surface area contributed by atoms with Crippen LogP contribution in [0.4, 0.5) is 13.2 Å². The predicted octanol–water partition coefficient (Wildman–Crippen LogP) is 2.60. The van der Waals surface area contributed by atoms with E-state index < -0.39 is 29.6 Å². The second-order valence-electron chi connectivity index (χ2n) is 2.62. The van der Waals surface area contributed by atoms with Crippen molar-refractivity contribution in [3.05, 3.63) is 28.8 Å². The van der Waals surface area contributed by atoms with Crippen LogP contribution in [0.2, 0.25) is 0 Å². The van der Waals surface area contributed by atoms with Crippen molar-refractivity contribution in [2.45, 2.75) is 12.3 Å². The summed E-state index contributed by atoms with van der Waals surface area (Å²) >= 11 is 5.27. The molecule has 0 aliphatic heterocycles. The van der Waals surface area contributed by atoms with Crippen molar-refractivity contribution in [1.29, 1.82) is 0 Å². The quantitative estimate of drug-likeness (QED) is 0.652. The maximum Gasteiger partial charge on any atom is 0.355 e. The summed E-state index contributed by atoms with van der Waals surface area (Å²) < 4.78 is 37.7. The maximum absolute atomic E-state index is 13.0. The van der Waals surface area contributed by atoms with Crippen molar-refractivity contribution in [3.63, 3.8) is 0 Å². The monoisotopic (exact) mass is 239 g/mol. The van der Waals surface area contributed by atoms with E-state index in [1.807, 2.05) is 0 Å². The molecule has 1 rings (SSSR count). The molecule has 0 unspecified atom stereocenters. The Hall–Kier alpha value is -1.30. The molecule has 1 heterocycles. The molecule has 3 nitrogen and oxygen atoms in total. The van der Waals surface area contributed by atoms with Gasteiger partial charge in [-0.3, -0.25) is 0 Å². The van der Waals surface area contributed by atoms with Crippen molar-refractivity contribution in [2.24, 2.45) is 0 Å². The molecule has 1 N–H and O–H groups in total. The Morgan fingerprint density at radius 2 is 2.20 bits per heavy atom. The van der Waals surface area contributed by atoms with Crippen LogP contribution in [0.25, 0.3) is 0 Å². The molecule has 0 amide bonds. The summed E-state index contributed by atoms with van der Waals surface area (Å²) in [4.78, 5) is 13.4. The number of carbonyl (C=O) groups is 1. The van der Waals surface area contributed by atoms with Crippen LogP contribution in [0.1, 0.15) is 28.0 Å².